The number of carbonyl (C=O) groups excluding carboxylic acids is 1. The Labute approximate surface area is 172 Å². The fourth-order valence-electron chi connectivity index (χ4n) is 3.13. The molecule has 0 N–H and O–H groups in total. The molecule has 0 fully saturated rings. The quantitative estimate of drug-likeness (QED) is 0.590. The van der Waals surface area contributed by atoms with Crippen LogP contribution in [-0.2, 0) is 13.6 Å². The van der Waals surface area contributed by atoms with Gasteiger partial charge in [-0.05, 0) is 37.9 Å². The summed E-state index contributed by atoms with van der Waals surface area (Å²) in [5.74, 6) is 0.734. The highest BCUT2D eigenvalue weighted by Crippen LogP contribution is 2.24. The van der Waals surface area contributed by atoms with Gasteiger partial charge in [-0.3, -0.25) is 9.48 Å². The Morgan fingerprint density at radius 1 is 1.03 bits per heavy atom. The molecule has 0 atom stereocenters. The fourth-order valence-corrected chi connectivity index (χ4v) is 3.13. The minimum atomic E-state index is -0.0279. The first-order valence-electron chi connectivity index (χ1n) is 9.64. The lowest BCUT2D eigenvalue weighted by Gasteiger charge is -2.24. The third-order valence-electron chi connectivity index (χ3n) is 4.79. The number of carbonyl (C=O) groups is 1. The third kappa shape index (κ3) is 5.23. The van der Waals surface area contributed by atoms with Gasteiger partial charge in [-0.15, -0.1) is 0 Å². The van der Waals surface area contributed by atoms with Crippen molar-refractivity contribution in [2.75, 3.05) is 34.3 Å². The van der Waals surface area contributed by atoms with Crippen LogP contribution in [0.25, 0.3) is 11.3 Å². The highest BCUT2D eigenvalue weighted by Gasteiger charge is 2.21. The summed E-state index contributed by atoms with van der Waals surface area (Å²) in [5, 5.41) is 4.57. The minimum Gasteiger partial charge on any atom is -0.497 e. The van der Waals surface area contributed by atoms with E-state index in [2.05, 4.69) is 10.00 Å². The van der Waals surface area contributed by atoms with Gasteiger partial charge < -0.3 is 14.5 Å². The molecule has 0 bridgehead atoms. The van der Waals surface area contributed by atoms with E-state index in [1.54, 1.807) is 11.8 Å². The number of ether oxygens (including phenoxy) is 1. The van der Waals surface area contributed by atoms with Gasteiger partial charge in [0.2, 0.25) is 0 Å². The number of aryl methyl sites for hydroxylation is 1. The second-order valence-electron chi connectivity index (χ2n) is 7.29. The Kier molecular flexibility index (Phi) is 6.67. The van der Waals surface area contributed by atoms with E-state index in [9.17, 15) is 4.79 Å². The summed E-state index contributed by atoms with van der Waals surface area (Å²) in [7, 11) is 7.47. The van der Waals surface area contributed by atoms with E-state index in [-0.39, 0.29) is 5.91 Å². The van der Waals surface area contributed by atoms with Crippen LogP contribution in [0, 0.1) is 0 Å². The molecule has 6 heteroatoms. The fraction of sp³-hybridized carbons (Fsp3) is 0.304. The average Bonchev–Trinajstić information content (AvgIpc) is 3.13. The zero-order chi connectivity index (χ0) is 20.8. The Balaban J connectivity index is 1.87. The van der Waals surface area contributed by atoms with Crippen molar-refractivity contribution in [2.45, 2.75) is 6.54 Å². The van der Waals surface area contributed by atoms with Crippen molar-refractivity contribution in [3.8, 4) is 17.0 Å². The normalized spacial score (nSPS) is 10.9. The third-order valence-corrected chi connectivity index (χ3v) is 4.79. The summed E-state index contributed by atoms with van der Waals surface area (Å²) >= 11 is 0. The van der Waals surface area contributed by atoms with Gasteiger partial charge >= 0.3 is 0 Å². The number of likely N-dealkylation sites (N-methyl/N-ethyl adjacent to an activating group) is 1. The Morgan fingerprint density at radius 3 is 2.48 bits per heavy atom. The van der Waals surface area contributed by atoms with Gasteiger partial charge in [0.25, 0.3) is 5.91 Å². The SMILES string of the molecule is COc1cccc(-c2cc(C(=O)N(CCN(C)C)Cc3ccccc3)n(C)n2)c1. The number of hydrogen-bond acceptors (Lipinski definition) is 4. The maximum atomic E-state index is 13.4. The standard InChI is InChI=1S/C23H28N4O2/c1-25(2)13-14-27(17-18-9-6-5-7-10-18)23(28)22-16-21(24-26(22)3)19-11-8-12-20(15-19)29-4/h5-12,15-16H,13-14,17H2,1-4H3. The van der Waals surface area contributed by atoms with E-state index in [4.69, 9.17) is 4.74 Å². The Bertz CT molecular complexity index is 951. The molecule has 3 rings (SSSR count). The molecule has 1 amide bonds. The maximum Gasteiger partial charge on any atom is 0.272 e. The van der Waals surface area contributed by atoms with Gasteiger partial charge in [-0.2, -0.15) is 5.10 Å². The summed E-state index contributed by atoms with van der Waals surface area (Å²) in [5.41, 5.74) is 3.34. The van der Waals surface area contributed by atoms with E-state index in [0.29, 0.717) is 18.8 Å². The van der Waals surface area contributed by atoms with Gasteiger partial charge in [0.05, 0.1) is 12.8 Å². The zero-order valence-electron chi connectivity index (χ0n) is 17.5. The largest absolute Gasteiger partial charge is 0.497 e. The summed E-state index contributed by atoms with van der Waals surface area (Å²) in [6.45, 7) is 1.99. The van der Waals surface area contributed by atoms with Crippen molar-refractivity contribution in [3.05, 3.63) is 71.9 Å². The number of nitrogens with zero attached hydrogens (tertiary/aromatic N) is 4. The average molecular weight is 393 g/mol. The molecule has 2 aromatic carbocycles. The molecule has 3 aromatic rings. The summed E-state index contributed by atoms with van der Waals surface area (Å²) < 4.78 is 6.96. The molecule has 1 aromatic heterocycles. The van der Waals surface area contributed by atoms with Crippen molar-refractivity contribution in [1.29, 1.82) is 0 Å². The van der Waals surface area contributed by atoms with Crippen LogP contribution >= 0.6 is 0 Å². The summed E-state index contributed by atoms with van der Waals surface area (Å²) in [6.07, 6.45) is 0. The molecule has 6 nitrogen and oxygen atoms in total. The maximum absolute atomic E-state index is 13.4. The van der Waals surface area contributed by atoms with E-state index in [0.717, 1.165) is 29.1 Å². The lowest BCUT2D eigenvalue weighted by Crippen LogP contribution is -2.37. The molecule has 0 saturated heterocycles. The number of methoxy groups -OCH3 is 1. The highest BCUT2D eigenvalue weighted by molar-refractivity contribution is 5.93. The molecule has 0 aliphatic rings. The molecule has 0 radical (unpaired) electrons. The van der Waals surface area contributed by atoms with Crippen LogP contribution in [-0.4, -0.2) is 59.8 Å². The van der Waals surface area contributed by atoms with Crippen molar-refractivity contribution in [3.63, 3.8) is 0 Å². The van der Waals surface area contributed by atoms with E-state index in [1.165, 1.54) is 0 Å². The molecule has 0 unspecified atom stereocenters. The van der Waals surface area contributed by atoms with Crippen LogP contribution in [0.2, 0.25) is 0 Å². The molecule has 0 spiro atoms. The predicted octanol–water partition coefficient (Wildman–Crippen LogP) is 3.30. The van der Waals surface area contributed by atoms with Crippen LogP contribution in [0.4, 0.5) is 0 Å². The summed E-state index contributed by atoms with van der Waals surface area (Å²) in [6, 6.07) is 19.6. The zero-order valence-corrected chi connectivity index (χ0v) is 17.5. The van der Waals surface area contributed by atoms with E-state index >= 15 is 0 Å². The summed E-state index contributed by atoms with van der Waals surface area (Å²) in [4.78, 5) is 17.3. The number of rotatable bonds is 8. The molecule has 1 heterocycles. The molecule has 0 saturated carbocycles. The number of amides is 1. The first-order valence-corrected chi connectivity index (χ1v) is 9.64. The van der Waals surface area contributed by atoms with Crippen LogP contribution in [0.15, 0.2) is 60.7 Å². The topological polar surface area (TPSA) is 50.6 Å². The first-order chi connectivity index (χ1) is 14.0. The monoisotopic (exact) mass is 392 g/mol. The second-order valence-corrected chi connectivity index (χ2v) is 7.29. The smallest absolute Gasteiger partial charge is 0.272 e. The van der Waals surface area contributed by atoms with Gasteiger partial charge in [0.1, 0.15) is 11.4 Å². The number of benzene rings is 2. The van der Waals surface area contributed by atoms with E-state index in [1.807, 2.05) is 86.7 Å². The molecular formula is C23H28N4O2. The lowest BCUT2D eigenvalue weighted by atomic mass is 10.1. The van der Waals surface area contributed by atoms with E-state index < -0.39 is 0 Å². The van der Waals surface area contributed by atoms with Gasteiger partial charge in [0, 0.05) is 32.2 Å². The van der Waals surface area contributed by atoms with Gasteiger partial charge in [-0.1, -0.05) is 42.5 Å². The molecular weight excluding hydrogens is 364 g/mol. The van der Waals surface area contributed by atoms with Gasteiger partial charge in [0.15, 0.2) is 0 Å². The van der Waals surface area contributed by atoms with Gasteiger partial charge in [-0.25, -0.2) is 0 Å². The Hall–Kier alpha value is -3.12. The predicted molar refractivity (Wildman–Crippen MR) is 115 cm³/mol. The molecule has 0 aliphatic heterocycles. The van der Waals surface area contributed by atoms with Crippen molar-refractivity contribution in [1.82, 2.24) is 19.6 Å². The second kappa shape index (κ2) is 9.39. The molecule has 152 valence electrons. The number of aromatic nitrogens is 2. The Morgan fingerprint density at radius 2 is 1.79 bits per heavy atom. The molecule has 29 heavy (non-hydrogen) atoms. The molecule has 0 aliphatic carbocycles. The number of hydrogen-bond donors (Lipinski definition) is 0. The van der Waals surface area contributed by atoms with Crippen LogP contribution in [0.3, 0.4) is 0 Å². The van der Waals surface area contributed by atoms with Crippen LogP contribution in [0.5, 0.6) is 5.75 Å². The van der Waals surface area contributed by atoms with Crippen LogP contribution < -0.4 is 4.74 Å². The lowest BCUT2D eigenvalue weighted by molar-refractivity contribution is 0.0721. The first kappa shape index (κ1) is 20.6. The van der Waals surface area contributed by atoms with Crippen LogP contribution in [0.1, 0.15) is 16.1 Å². The highest BCUT2D eigenvalue weighted by atomic mass is 16.5. The van der Waals surface area contributed by atoms with Crippen molar-refractivity contribution < 1.29 is 9.53 Å². The minimum absolute atomic E-state index is 0.0279. The van der Waals surface area contributed by atoms with Crippen molar-refractivity contribution in [2.24, 2.45) is 7.05 Å². The van der Waals surface area contributed by atoms with Crippen molar-refractivity contribution >= 4 is 5.91 Å².